The van der Waals surface area contributed by atoms with Crippen LogP contribution in [0.15, 0.2) is 42.5 Å². The van der Waals surface area contributed by atoms with Crippen molar-refractivity contribution < 1.29 is 17.9 Å². The molecule has 5 heteroatoms. The second kappa shape index (κ2) is 5.75. The monoisotopic (exact) mass is 300 g/mol. The summed E-state index contributed by atoms with van der Waals surface area (Å²) >= 11 is 6.03. The zero-order valence-corrected chi connectivity index (χ0v) is 11.4. The summed E-state index contributed by atoms with van der Waals surface area (Å²) in [6.07, 6.45) is -4.06. The van der Waals surface area contributed by atoms with Crippen LogP contribution in [0.1, 0.15) is 16.7 Å². The molecule has 0 N–H and O–H groups in total. The molecule has 2 aromatic rings. The van der Waals surface area contributed by atoms with Crippen LogP contribution in [-0.4, -0.2) is 6.36 Å². The van der Waals surface area contributed by atoms with Gasteiger partial charge in [-0.25, -0.2) is 0 Å². The molecule has 0 aromatic heterocycles. The van der Waals surface area contributed by atoms with Crippen LogP contribution in [0.25, 0.3) is 0 Å². The molecule has 20 heavy (non-hydrogen) atoms. The summed E-state index contributed by atoms with van der Waals surface area (Å²) in [6, 6.07) is 11.5. The molecule has 0 amide bonds. The van der Waals surface area contributed by atoms with Gasteiger partial charge in [-0.2, -0.15) is 0 Å². The molecule has 0 bridgehead atoms. The van der Waals surface area contributed by atoms with Crippen LogP contribution in [0.3, 0.4) is 0 Å². The quantitative estimate of drug-likeness (QED) is 0.763. The Balaban J connectivity index is 2.08. The molecule has 1 nitrogen and oxygen atoms in total. The minimum Gasteiger partial charge on any atom is -0.406 e. The highest BCUT2D eigenvalue weighted by Gasteiger charge is 2.30. The smallest absolute Gasteiger partial charge is 0.406 e. The SMILES string of the molecule is Cc1ccc(Cc2ccc(OC(F)(F)F)cc2)cc1Cl. The number of aryl methyl sites for hydroxylation is 1. The van der Waals surface area contributed by atoms with E-state index in [2.05, 4.69) is 4.74 Å². The molecule has 2 rings (SSSR count). The Bertz CT molecular complexity index is 591. The molecule has 0 aliphatic heterocycles. The van der Waals surface area contributed by atoms with Crippen LogP contribution in [0.4, 0.5) is 13.2 Å². The van der Waals surface area contributed by atoms with Crippen LogP contribution >= 0.6 is 11.6 Å². The molecule has 0 unspecified atom stereocenters. The van der Waals surface area contributed by atoms with Crippen molar-refractivity contribution in [3.8, 4) is 5.75 Å². The molecule has 2 aromatic carbocycles. The van der Waals surface area contributed by atoms with Gasteiger partial charge in [0, 0.05) is 5.02 Å². The third kappa shape index (κ3) is 4.17. The lowest BCUT2D eigenvalue weighted by molar-refractivity contribution is -0.274. The third-order valence-electron chi connectivity index (χ3n) is 2.80. The van der Waals surface area contributed by atoms with Crippen molar-refractivity contribution in [2.75, 3.05) is 0 Å². The summed E-state index contributed by atoms with van der Waals surface area (Å²) in [4.78, 5) is 0. The maximum absolute atomic E-state index is 12.0. The van der Waals surface area contributed by atoms with Gasteiger partial charge in [-0.3, -0.25) is 0 Å². The zero-order chi connectivity index (χ0) is 14.8. The average molecular weight is 301 g/mol. The van der Waals surface area contributed by atoms with E-state index in [9.17, 15) is 13.2 Å². The second-order valence-corrected chi connectivity index (χ2v) is 4.86. The number of ether oxygens (including phenoxy) is 1. The first kappa shape index (κ1) is 14.7. The Kier molecular flexibility index (Phi) is 4.23. The highest BCUT2D eigenvalue weighted by Crippen LogP contribution is 2.24. The molecular weight excluding hydrogens is 289 g/mol. The standard InChI is InChI=1S/C15H12ClF3O/c1-10-2-3-12(9-14(10)16)8-11-4-6-13(7-5-11)20-15(17,18)19/h2-7,9H,8H2,1H3. The van der Waals surface area contributed by atoms with Gasteiger partial charge in [0.1, 0.15) is 5.75 Å². The molecule has 0 heterocycles. The zero-order valence-electron chi connectivity index (χ0n) is 10.7. The summed E-state index contributed by atoms with van der Waals surface area (Å²) in [5.74, 6) is -0.219. The van der Waals surface area contributed by atoms with Gasteiger partial charge in [-0.05, 0) is 48.2 Å². The Hall–Kier alpha value is -1.68. The van der Waals surface area contributed by atoms with E-state index in [4.69, 9.17) is 11.6 Å². The van der Waals surface area contributed by atoms with Crippen molar-refractivity contribution in [1.82, 2.24) is 0 Å². The highest BCUT2D eigenvalue weighted by molar-refractivity contribution is 6.31. The number of alkyl halides is 3. The van der Waals surface area contributed by atoms with Gasteiger partial charge in [0.25, 0.3) is 0 Å². The van der Waals surface area contributed by atoms with E-state index in [0.29, 0.717) is 11.4 Å². The molecule has 0 saturated heterocycles. The molecule has 0 aliphatic rings. The average Bonchev–Trinajstić information content (AvgIpc) is 2.35. The fourth-order valence-corrected chi connectivity index (χ4v) is 1.99. The normalized spacial score (nSPS) is 11.4. The lowest BCUT2D eigenvalue weighted by Crippen LogP contribution is -2.17. The Labute approximate surface area is 119 Å². The summed E-state index contributed by atoms with van der Waals surface area (Å²) < 4.78 is 39.9. The van der Waals surface area contributed by atoms with Gasteiger partial charge in [0.15, 0.2) is 0 Å². The summed E-state index contributed by atoms with van der Waals surface area (Å²) in [5.41, 5.74) is 2.88. The number of benzene rings is 2. The van der Waals surface area contributed by atoms with Crippen molar-refractivity contribution in [1.29, 1.82) is 0 Å². The minimum atomic E-state index is -4.66. The van der Waals surface area contributed by atoms with Gasteiger partial charge in [0.05, 0.1) is 0 Å². The first-order chi connectivity index (χ1) is 9.33. The molecule has 0 fully saturated rings. The lowest BCUT2D eigenvalue weighted by Gasteiger charge is -2.09. The van der Waals surface area contributed by atoms with E-state index in [-0.39, 0.29) is 5.75 Å². The highest BCUT2D eigenvalue weighted by atomic mass is 35.5. The minimum absolute atomic E-state index is 0.219. The van der Waals surface area contributed by atoms with Gasteiger partial charge in [0.2, 0.25) is 0 Å². The van der Waals surface area contributed by atoms with E-state index in [1.54, 1.807) is 12.1 Å². The van der Waals surface area contributed by atoms with E-state index in [0.717, 1.165) is 16.7 Å². The second-order valence-electron chi connectivity index (χ2n) is 4.45. The fourth-order valence-electron chi connectivity index (χ4n) is 1.79. The Morgan fingerprint density at radius 1 is 1.00 bits per heavy atom. The van der Waals surface area contributed by atoms with Crippen molar-refractivity contribution in [2.45, 2.75) is 19.7 Å². The maximum atomic E-state index is 12.0. The summed E-state index contributed by atoms with van der Waals surface area (Å²) in [7, 11) is 0. The van der Waals surface area contributed by atoms with Gasteiger partial charge < -0.3 is 4.74 Å². The van der Waals surface area contributed by atoms with Crippen molar-refractivity contribution in [3.05, 3.63) is 64.2 Å². The number of rotatable bonds is 3. The molecule has 106 valence electrons. The van der Waals surface area contributed by atoms with Crippen LogP contribution in [-0.2, 0) is 6.42 Å². The molecule has 0 atom stereocenters. The van der Waals surface area contributed by atoms with Crippen LogP contribution in [0, 0.1) is 6.92 Å². The van der Waals surface area contributed by atoms with E-state index < -0.39 is 6.36 Å². The number of hydrogen-bond donors (Lipinski definition) is 0. The largest absolute Gasteiger partial charge is 0.573 e. The predicted molar refractivity (Wildman–Crippen MR) is 72.1 cm³/mol. The number of hydrogen-bond acceptors (Lipinski definition) is 1. The topological polar surface area (TPSA) is 9.23 Å². The molecular formula is C15H12ClF3O. The fraction of sp³-hybridized carbons (Fsp3) is 0.200. The van der Waals surface area contributed by atoms with Crippen molar-refractivity contribution in [3.63, 3.8) is 0 Å². The first-order valence-electron chi connectivity index (χ1n) is 5.93. The maximum Gasteiger partial charge on any atom is 0.573 e. The van der Waals surface area contributed by atoms with E-state index in [1.165, 1.54) is 12.1 Å². The van der Waals surface area contributed by atoms with Gasteiger partial charge in [-0.15, -0.1) is 13.2 Å². The third-order valence-corrected chi connectivity index (χ3v) is 3.21. The molecule has 0 radical (unpaired) electrons. The van der Waals surface area contributed by atoms with Crippen molar-refractivity contribution in [2.24, 2.45) is 0 Å². The van der Waals surface area contributed by atoms with Gasteiger partial charge >= 0.3 is 6.36 Å². The molecule has 0 spiro atoms. The summed E-state index contributed by atoms with van der Waals surface area (Å²) in [6.45, 7) is 1.91. The van der Waals surface area contributed by atoms with E-state index in [1.807, 2.05) is 25.1 Å². The lowest BCUT2D eigenvalue weighted by atomic mass is 10.0. The molecule has 0 saturated carbocycles. The first-order valence-corrected chi connectivity index (χ1v) is 6.31. The number of halogens is 4. The molecule has 0 aliphatic carbocycles. The Morgan fingerprint density at radius 3 is 2.15 bits per heavy atom. The Morgan fingerprint density at radius 2 is 1.60 bits per heavy atom. The van der Waals surface area contributed by atoms with Crippen LogP contribution in [0.5, 0.6) is 5.75 Å². The van der Waals surface area contributed by atoms with Crippen molar-refractivity contribution >= 4 is 11.6 Å². The predicted octanol–water partition coefficient (Wildman–Crippen LogP) is 5.14. The van der Waals surface area contributed by atoms with Crippen LogP contribution < -0.4 is 4.74 Å². The van der Waals surface area contributed by atoms with Gasteiger partial charge in [-0.1, -0.05) is 35.9 Å². The van der Waals surface area contributed by atoms with Crippen LogP contribution in [0.2, 0.25) is 5.02 Å². The van der Waals surface area contributed by atoms with E-state index >= 15 is 0 Å². The summed E-state index contributed by atoms with van der Waals surface area (Å²) in [5, 5.41) is 0.680.